The third kappa shape index (κ3) is 7.84. The van der Waals surface area contributed by atoms with Crippen molar-refractivity contribution < 1.29 is 0 Å². The molecule has 0 unspecified atom stereocenters. The smallest absolute Gasteiger partial charge is 0.199 e. The van der Waals surface area contributed by atoms with Gasteiger partial charge in [0.1, 0.15) is 6.33 Å². The summed E-state index contributed by atoms with van der Waals surface area (Å²) in [5.74, 6) is -0.322. The van der Waals surface area contributed by atoms with Crippen LogP contribution in [0.4, 0.5) is 0 Å². The molecule has 0 aliphatic heterocycles. The van der Waals surface area contributed by atoms with Crippen LogP contribution >= 0.6 is 0 Å². The number of guanidine groups is 1. The molecule has 6 heteroatoms. The molecular weight excluding hydrogens is 156 g/mol. The molecule has 1 aromatic heterocycles. The van der Waals surface area contributed by atoms with E-state index < -0.39 is 0 Å². The van der Waals surface area contributed by atoms with Gasteiger partial charge in [0.2, 0.25) is 0 Å². The molecule has 62 valence electrons. The second-order valence-electron chi connectivity index (χ2n) is 1.55. The summed E-state index contributed by atoms with van der Waals surface area (Å²) in [6.07, 6.45) is 6.34. The van der Waals surface area contributed by atoms with Crippen LogP contribution in [0.2, 0.25) is 0 Å². The molecule has 6 nitrogen and oxygen atoms in total. The van der Waals surface area contributed by atoms with Crippen LogP contribution in [-0.2, 0) is 0 Å². The predicted octanol–water partition coefficient (Wildman–Crippen LogP) is -0.573. The van der Waals surface area contributed by atoms with Crippen molar-refractivity contribution in [1.29, 1.82) is 10.7 Å². The van der Waals surface area contributed by atoms with Crippen LogP contribution in [0.3, 0.4) is 0 Å². The normalized spacial score (nSPS) is 6.92. The molecule has 0 atom stereocenters. The number of aromatic nitrogens is 2. The largest absolute Gasteiger partial charge is 0.369 e. The van der Waals surface area contributed by atoms with Crippen molar-refractivity contribution in [3.8, 4) is 6.19 Å². The Hall–Kier alpha value is -2.16. The second-order valence-corrected chi connectivity index (χ2v) is 1.55. The zero-order valence-electron chi connectivity index (χ0n) is 6.23. The number of nitriles is 1. The first-order chi connectivity index (χ1) is 5.77. The van der Waals surface area contributed by atoms with E-state index in [0.717, 1.165) is 0 Å². The van der Waals surface area contributed by atoms with Gasteiger partial charge in [-0.2, -0.15) is 5.26 Å². The molecule has 0 fully saturated rings. The highest BCUT2D eigenvalue weighted by molar-refractivity contribution is 5.75. The Balaban J connectivity index is 0.000000202. The molecule has 0 aliphatic rings. The van der Waals surface area contributed by atoms with Crippen molar-refractivity contribution >= 4 is 5.96 Å². The molecule has 0 amide bonds. The zero-order chi connectivity index (χ0) is 9.23. The van der Waals surface area contributed by atoms with E-state index in [1.807, 2.05) is 5.32 Å². The molecule has 0 saturated carbocycles. The van der Waals surface area contributed by atoms with Crippen molar-refractivity contribution in [2.24, 2.45) is 5.73 Å². The van der Waals surface area contributed by atoms with Gasteiger partial charge in [-0.3, -0.25) is 10.7 Å². The van der Waals surface area contributed by atoms with Crippen LogP contribution < -0.4 is 11.1 Å². The molecule has 0 spiro atoms. The lowest BCUT2D eigenvalue weighted by atomic mass is 10.7. The van der Waals surface area contributed by atoms with Crippen LogP contribution in [0.25, 0.3) is 0 Å². The van der Waals surface area contributed by atoms with Gasteiger partial charge in [0.05, 0.1) is 0 Å². The molecule has 0 radical (unpaired) electrons. The number of hydrogen-bond acceptors (Lipinski definition) is 4. The van der Waals surface area contributed by atoms with Crippen molar-refractivity contribution in [3.05, 3.63) is 24.8 Å². The lowest BCUT2D eigenvalue weighted by Crippen LogP contribution is -2.25. The molecular formula is C6H8N6. The summed E-state index contributed by atoms with van der Waals surface area (Å²) in [6, 6.07) is 1.78. The third-order valence-electron chi connectivity index (χ3n) is 0.668. The predicted molar refractivity (Wildman–Crippen MR) is 42.7 cm³/mol. The van der Waals surface area contributed by atoms with Crippen molar-refractivity contribution in [1.82, 2.24) is 15.3 Å². The van der Waals surface area contributed by atoms with Gasteiger partial charge in [-0.25, -0.2) is 9.97 Å². The minimum Gasteiger partial charge on any atom is -0.369 e. The molecule has 1 aromatic rings. The van der Waals surface area contributed by atoms with E-state index in [9.17, 15) is 0 Å². The Labute approximate surface area is 69.6 Å². The van der Waals surface area contributed by atoms with Gasteiger partial charge in [0, 0.05) is 12.4 Å². The average molecular weight is 164 g/mol. The fourth-order valence-corrected chi connectivity index (χ4v) is 0.314. The third-order valence-corrected chi connectivity index (χ3v) is 0.668. The van der Waals surface area contributed by atoms with E-state index in [0.29, 0.717) is 0 Å². The summed E-state index contributed by atoms with van der Waals surface area (Å²) in [4.78, 5) is 7.35. The van der Waals surface area contributed by atoms with Gasteiger partial charge in [-0.15, -0.1) is 0 Å². The van der Waals surface area contributed by atoms with E-state index in [1.165, 1.54) is 12.5 Å². The maximum Gasteiger partial charge on any atom is 0.199 e. The highest BCUT2D eigenvalue weighted by Crippen LogP contribution is 1.66. The topological polar surface area (TPSA) is 111 Å². The van der Waals surface area contributed by atoms with E-state index >= 15 is 0 Å². The van der Waals surface area contributed by atoms with Crippen LogP contribution in [0, 0.1) is 16.9 Å². The van der Waals surface area contributed by atoms with Crippen LogP contribution in [0.5, 0.6) is 0 Å². The number of nitrogens with zero attached hydrogens (tertiary/aromatic N) is 3. The zero-order valence-corrected chi connectivity index (χ0v) is 6.23. The van der Waals surface area contributed by atoms with Gasteiger partial charge < -0.3 is 5.73 Å². The molecule has 0 bridgehead atoms. The SMILES string of the molecule is N#CNC(=N)N.c1cncnc1. The van der Waals surface area contributed by atoms with Gasteiger partial charge >= 0.3 is 0 Å². The lowest BCUT2D eigenvalue weighted by molar-refractivity contribution is 1.17. The van der Waals surface area contributed by atoms with E-state index in [2.05, 4.69) is 15.7 Å². The maximum absolute atomic E-state index is 7.65. The van der Waals surface area contributed by atoms with Gasteiger partial charge in [-0.05, 0) is 6.07 Å². The number of hydrogen-bond donors (Lipinski definition) is 3. The standard InChI is InChI=1S/C4H4N2.C2H4N4/c1-2-5-4-6-3-1;3-1-6-2(4)5/h1-4H;(H4,4,5,6). The van der Waals surface area contributed by atoms with Crippen LogP contribution in [0.1, 0.15) is 0 Å². The number of nitrogens with two attached hydrogens (primary N) is 1. The van der Waals surface area contributed by atoms with Crippen molar-refractivity contribution in [3.63, 3.8) is 0 Å². The van der Waals surface area contributed by atoms with E-state index in [-0.39, 0.29) is 5.96 Å². The van der Waals surface area contributed by atoms with Gasteiger partial charge in [0.15, 0.2) is 12.2 Å². The Morgan fingerprint density at radius 3 is 2.17 bits per heavy atom. The highest BCUT2D eigenvalue weighted by atomic mass is 15.0. The van der Waals surface area contributed by atoms with Crippen molar-refractivity contribution in [2.45, 2.75) is 0 Å². The van der Waals surface area contributed by atoms with Crippen molar-refractivity contribution in [2.75, 3.05) is 0 Å². The van der Waals surface area contributed by atoms with Gasteiger partial charge in [-0.1, -0.05) is 0 Å². The molecule has 1 rings (SSSR count). The number of rotatable bonds is 0. The Morgan fingerprint density at radius 1 is 1.50 bits per heavy atom. The molecule has 0 aliphatic carbocycles. The Bertz CT molecular complexity index is 224. The first-order valence-electron chi connectivity index (χ1n) is 2.96. The minimum absolute atomic E-state index is 0.322. The lowest BCUT2D eigenvalue weighted by Gasteiger charge is -1.82. The highest BCUT2D eigenvalue weighted by Gasteiger charge is 1.73. The fraction of sp³-hybridized carbons (Fsp3) is 0. The summed E-state index contributed by atoms with van der Waals surface area (Å²) in [7, 11) is 0. The maximum atomic E-state index is 7.65. The summed E-state index contributed by atoms with van der Waals surface area (Å²) < 4.78 is 0. The molecule has 1 heterocycles. The molecule has 4 N–H and O–H groups in total. The first-order valence-corrected chi connectivity index (χ1v) is 2.96. The van der Waals surface area contributed by atoms with E-state index in [1.54, 1.807) is 18.5 Å². The molecule has 0 aromatic carbocycles. The Morgan fingerprint density at radius 2 is 2.08 bits per heavy atom. The summed E-state index contributed by atoms with van der Waals surface area (Å²) >= 11 is 0. The van der Waals surface area contributed by atoms with E-state index in [4.69, 9.17) is 10.7 Å². The molecule has 0 saturated heterocycles. The Kier molecular flexibility index (Phi) is 5.70. The first kappa shape index (κ1) is 9.84. The minimum atomic E-state index is -0.322. The molecule has 12 heavy (non-hydrogen) atoms. The second kappa shape index (κ2) is 6.95. The number of nitrogens with one attached hydrogen (secondary N) is 2. The average Bonchev–Trinajstić information content (AvgIpc) is 2.08. The summed E-state index contributed by atoms with van der Waals surface area (Å²) in [6.45, 7) is 0. The van der Waals surface area contributed by atoms with Crippen LogP contribution in [0.15, 0.2) is 24.8 Å². The van der Waals surface area contributed by atoms with Gasteiger partial charge in [0.25, 0.3) is 0 Å². The quantitative estimate of drug-likeness (QED) is 0.206. The monoisotopic (exact) mass is 164 g/mol. The fourth-order valence-electron chi connectivity index (χ4n) is 0.314. The van der Waals surface area contributed by atoms with Crippen LogP contribution in [-0.4, -0.2) is 15.9 Å². The summed E-state index contributed by atoms with van der Waals surface area (Å²) in [5, 5.41) is 15.9. The summed E-state index contributed by atoms with van der Waals surface area (Å²) in [5.41, 5.74) is 4.65.